The Morgan fingerprint density at radius 3 is 2.60 bits per heavy atom. The summed E-state index contributed by atoms with van der Waals surface area (Å²) >= 11 is 0. The minimum atomic E-state index is 0.654. The zero-order valence-electron chi connectivity index (χ0n) is 7.35. The minimum absolute atomic E-state index is 0.654. The monoisotopic (exact) mass is 138 g/mol. The van der Waals surface area contributed by atoms with Gasteiger partial charge in [0, 0.05) is 0 Å². The Morgan fingerprint density at radius 1 is 1.60 bits per heavy atom. The summed E-state index contributed by atoms with van der Waals surface area (Å²) < 4.78 is 0. The predicted molar refractivity (Wildman–Crippen MR) is 48.0 cm³/mol. The van der Waals surface area contributed by atoms with E-state index in [9.17, 15) is 0 Å². The molecule has 0 heteroatoms. The van der Waals surface area contributed by atoms with E-state index in [1.165, 1.54) is 18.4 Å². The number of hydrogen-bond donors (Lipinski definition) is 0. The molecule has 0 amide bonds. The van der Waals surface area contributed by atoms with Gasteiger partial charge in [-0.1, -0.05) is 44.6 Å². The summed E-state index contributed by atoms with van der Waals surface area (Å²) in [6, 6.07) is 0. The van der Waals surface area contributed by atoms with E-state index in [1.54, 1.807) is 0 Å². The van der Waals surface area contributed by atoms with Gasteiger partial charge in [0.05, 0.1) is 0 Å². The van der Waals surface area contributed by atoms with Crippen LogP contribution in [0.2, 0.25) is 0 Å². The molecule has 0 bridgehead atoms. The van der Waals surface area contributed by atoms with Gasteiger partial charge < -0.3 is 0 Å². The van der Waals surface area contributed by atoms with Crippen molar-refractivity contribution in [2.45, 2.75) is 33.6 Å². The van der Waals surface area contributed by atoms with Crippen LogP contribution in [-0.4, -0.2) is 0 Å². The van der Waals surface area contributed by atoms with Crippen LogP contribution in [0, 0.1) is 5.92 Å². The van der Waals surface area contributed by atoms with Crippen LogP contribution >= 0.6 is 0 Å². The quantitative estimate of drug-likeness (QED) is 0.521. The smallest absolute Gasteiger partial charge is 0.0196 e. The molecule has 0 saturated heterocycles. The molecule has 0 rings (SSSR count). The van der Waals surface area contributed by atoms with Crippen LogP contribution in [0.4, 0.5) is 0 Å². The van der Waals surface area contributed by atoms with E-state index < -0.39 is 0 Å². The second-order valence-corrected chi connectivity index (χ2v) is 2.76. The summed E-state index contributed by atoms with van der Waals surface area (Å²) in [6.07, 6.45) is 6.65. The van der Waals surface area contributed by atoms with Crippen molar-refractivity contribution in [3.8, 4) is 0 Å². The van der Waals surface area contributed by atoms with Crippen LogP contribution in [0.25, 0.3) is 0 Å². The number of allylic oxidation sites excluding steroid dienone is 3. The SMILES string of the molecule is C=C(/C=C\C)C(C)CCC. The van der Waals surface area contributed by atoms with E-state index in [0.717, 1.165) is 0 Å². The molecule has 1 atom stereocenters. The summed E-state index contributed by atoms with van der Waals surface area (Å²) in [5.41, 5.74) is 1.25. The van der Waals surface area contributed by atoms with Crippen molar-refractivity contribution in [3.05, 3.63) is 24.3 Å². The first-order valence-corrected chi connectivity index (χ1v) is 4.03. The number of hydrogen-bond acceptors (Lipinski definition) is 0. The highest BCUT2D eigenvalue weighted by Crippen LogP contribution is 2.15. The summed E-state index contributed by atoms with van der Waals surface area (Å²) in [4.78, 5) is 0. The molecular weight excluding hydrogens is 120 g/mol. The van der Waals surface area contributed by atoms with Gasteiger partial charge in [-0.3, -0.25) is 0 Å². The van der Waals surface area contributed by atoms with Crippen molar-refractivity contribution in [3.63, 3.8) is 0 Å². The molecule has 0 aromatic carbocycles. The standard InChI is InChI=1S/C10H18/c1-5-7-9(3)10(4)8-6-2/h5,7,10H,3,6,8H2,1-2,4H3/b7-5-. The van der Waals surface area contributed by atoms with Crippen molar-refractivity contribution in [2.24, 2.45) is 5.92 Å². The summed E-state index contributed by atoms with van der Waals surface area (Å²) in [5.74, 6) is 0.654. The van der Waals surface area contributed by atoms with Crippen molar-refractivity contribution in [2.75, 3.05) is 0 Å². The van der Waals surface area contributed by atoms with E-state index in [-0.39, 0.29) is 0 Å². The molecule has 58 valence electrons. The van der Waals surface area contributed by atoms with Gasteiger partial charge in [-0.2, -0.15) is 0 Å². The normalized spacial score (nSPS) is 13.9. The maximum absolute atomic E-state index is 3.98. The van der Waals surface area contributed by atoms with Crippen LogP contribution in [0.5, 0.6) is 0 Å². The zero-order chi connectivity index (χ0) is 7.98. The first kappa shape index (κ1) is 9.48. The van der Waals surface area contributed by atoms with Gasteiger partial charge in [0.1, 0.15) is 0 Å². The summed E-state index contributed by atoms with van der Waals surface area (Å²) in [5, 5.41) is 0. The highest BCUT2D eigenvalue weighted by atomic mass is 14.1. The van der Waals surface area contributed by atoms with Crippen molar-refractivity contribution < 1.29 is 0 Å². The molecule has 0 N–H and O–H groups in total. The van der Waals surface area contributed by atoms with E-state index in [4.69, 9.17) is 0 Å². The van der Waals surface area contributed by atoms with Gasteiger partial charge in [0.15, 0.2) is 0 Å². The Morgan fingerprint density at radius 2 is 2.20 bits per heavy atom. The molecule has 1 unspecified atom stereocenters. The van der Waals surface area contributed by atoms with Gasteiger partial charge in [-0.25, -0.2) is 0 Å². The van der Waals surface area contributed by atoms with Crippen LogP contribution in [0.1, 0.15) is 33.6 Å². The maximum Gasteiger partial charge on any atom is -0.0196 e. The molecule has 0 aliphatic carbocycles. The lowest BCUT2D eigenvalue weighted by molar-refractivity contribution is 0.614. The average molecular weight is 138 g/mol. The largest absolute Gasteiger partial charge is 0.0956 e. The molecule has 0 radical (unpaired) electrons. The van der Waals surface area contributed by atoms with Crippen molar-refractivity contribution >= 4 is 0 Å². The second-order valence-electron chi connectivity index (χ2n) is 2.76. The van der Waals surface area contributed by atoms with Crippen LogP contribution < -0.4 is 0 Å². The molecule has 0 heterocycles. The first-order valence-electron chi connectivity index (χ1n) is 4.03. The van der Waals surface area contributed by atoms with Gasteiger partial charge >= 0.3 is 0 Å². The predicted octanol–water partition coefficient (Wildman–Crippen LogP) is 3.55. The Bertz CT molecular complexity index is 120. The molecule has 0 aliphatic rings. The van der Waals surface area contributed by atoms with Crippen LogP contribution in [0.15, 0.2) is 24.3 Å². The Labute approximate surface area is 64.6 Å². The van der Waals surface area contributed by atoms with Gasteiger partial charge in [0.2, 0.25) is 0 Å². The Kier molecular flexibility index (Phi) is 5.00. The third-order valence-electron chi connectivity index (χ3n) is 1.74. The fraction of sp³-hybridized carbons (Fsp3) is 0.600. The lowest BCUT2D eigenvalue weighted by Gasteiger charge is -2.08. The van der Waals surface area contributed by atoms with Gasteiger partial charge in [0.25, 0.3) is 0 Å². The molecule has 0 aromatic rings. The molecule has 10 heavy (non-hydrogen) atoms. The van der Waals surface area contributed by atoms with E-state index in [0.29, 0.717) is 5.92 Å². The topological polar surface area (TPSA) is 0 Å². The fourth-order valence-electron chi connectivity index (χ4n) is 0.997. The second kappa shape index (κ2) is 5.28. The molecular formula is C10H18. The van der Waals surface area contributed by atoms with Crippen molar-refractivity contribution in [1.29, 1.82) is 0 Å². The average Bonchev–Trinajstić information content (AvgIpc) is 1.89. The minimum Gasteiger partial charge on any atom is -0.0956 e. The molecule has 0 spiro atoms. The Balaban J connectivity index is 3.70. The summed E-state index contributed by atoms with van der Waals surface area (Å²) in [7, 11) is 0. The summed E-state index contributed by atoms with van der Waals surface area (Å²) in [6.45, 7) is 10.4. The highest BCUT2D eigenvalue weighted by Gasteiger charge is 2.00. The van der Waals surface area contributed by atoms with E-state index in [1.807, 2.05) is 6.92 Å². The third kappa shape index (κ3) is 3.49. The molecule has 0 nitrogen and oxygen atoms in total. The zero-order valence-corrected chi connectivity index (χ0v) is 7.35. The fourth-order valence-corrected chi connectivity index (χ4v) is 0.997. The third-order valence-corrected chi connectivity index (χ3v) is 1.74. The maximum atomic E-state index is 3.98. The number of rotatable bonds is 4. The van der Waals surface area contributed by atoms with Crippen LogP contribution in [0.3, 0.4) is 0 Å². The first-order chi connectivity index (χ1) is 4.72. The molecule has 0 aromatic heterocycles. The van der Waals surface area contributed by atoms with E-state index >= 15 is 0 Å². The Hall–Kier alpha value is -0.520. The van der Waals surface area contributed by atoms with Crippen LogP contribution in [-0.2, 0) is 0 Å². The molecule has 0 fully saturated rings. The van der Waals surface area contributed by atoms with Gasteiger partial charge in [-0.05, 0) is 19.3 Å². The van der Waals surface area contributed by atoms with Gasteiger partial charge in [-0.15, -0.1) is 0 Å². The lowest BCUT2D eigenvalue weighted by atomic mass is 9.97. The van der Waals surface area contributed by atoms with E-state index in [2.05, 4.69) is 32.6 Å². The molecule has 0 saturated carbocycles. The highest BCUT2D eigenvalue weighted by molar-refractivity contribution is 5.16. The van der Waals surface area contributed by atoms with Crippen molar-refractivity contribution in [1.82, 2.24) is 0 Å². The molecule has 0 aliphatic heterocycles. The lowest BCUT2D eigenvalue weighted by Crippen LogP contribution is -1.94.